The lowest BCUT2D eigenvalue weighted by Gasteiger charge is -1.91. The fourth-order valence-electron chi connectivity index (χ4n) is 1.41. The SMILES string of the molecule is COCc1cc2cc(O)ccc2[nH]1. The highest BCUT2D eigenvalue weighted by atomic mass is 16.5. The van der Waals surface area contributed by atoms with Crippen molar-refractivity contribution in [2.45, 2.75) is 6.61 Å². The van der Waals surface area contributed by atoms with E-state index in [0.717, 1.165) is 16.6 Å². The molecule has 2 aromatic rings. The second kappa shape index (κ2) is 3.11. The number of methoxy groups -OCH3 is 1. The van der Waals surface area contributed by atoms with Crippen molar-refractivity contribution in [1.82, 2.24) is 4.98 Å². The van der Waals surface area contributed by atoms with E-state index >= 15 is 0 Å². The van der Waals surface area contributed by atoms with Gasteiger partial charge in [0.2, 0.25) is 0 Å². The van der Waals surface area contributed by atoms with Crippen LogP contribution in [0.5, 0.6) is 5.75 Å². The van der Waals surface area contributed by atoms with E-state index in [1.807, 2.05) is 12.1 Å². The summed E-state index contributed by atoms with van der Waals surface area (Å²) in [6.45, 7) is 0.565. The lowest BCUT2D eigenvalue weighted by atomic mass is 10.2. The van der Waals surface area contributed by atoms with Crippen molar-refractivity contribution in [1.29, 1.82) is 0 Å². The van der Waals surface area contributed by atoms with Crippen molar-refractivity contribution in [2.24, 2.45) is 0 Å². The van der Waals surface area contributed by atoms with Crippen LogP contribution in [0.3, 0.4) is 0 Å². The minimum Gasteiger partial charge on any atom is -0.508 e. The van der Waals surface area contributed by atoms with Crippen molar-refractivity contribution < 1.29 is 9.84 Å². The molecule has 3 nitrogen and oxygen atoms in total. The first-order chi connectivity index (χ1) is 6.29. The molecule has 13 heavy (non-hydrogen) atoms. The van der Waals surface area contributed by atoms with Gasteiger partial charge in [-0.1, -0.05) is 0 Å². The summed E-state index contributed by atoms with van der Waals surface area (Å²) in [7, 11) is 1.66. The van der Waals surface area contributed by atoms with Crippen molar-refractivity contribution in [2.75, 3.05) is 7.11 Å². The van der Waals surface area contributed by atoms with Gasteiger partial charge in [-0.3, -0.25) is 0 Å². The Balaban J connectivity index is 2.49. The number of aromatic nitrogens is 1. The number of rotatable bonds is 2. The van der Waals surface area contributed by atoms with Crippen LogP contribution in [-0.4, -0.2) is 17.2 Å². The van der Waals surface area contributed by atoms with Gasteiger partial charge in [0.1, 0.15) is 5.75 Å². The predicted octanol–water partition coefficient (Wildman–Crippen LogP) is 2.02. The molecule has 0 unspecified atom stereocenters. The molecule has 1 aromatic carbocycles. The van der Waals surface area contributed by atoms with Crippen molar-refractivity contribution in [3.8, 4) is 5.75 Å². The number of fused-ring (bicyclic) bond motifs is 1. The normalized spacial score (nSPS) is 10.8. The molecule has 3 heteroatoms. The van der Waals surface area contributed by atoms with Crippen LogP contribution in [0.4, 0.5) is 0 Å². The number of phenols is 1. The summed E-state index contributed by atoms with van der Waals surface area (Å²) >= 11 is 0. The highest BCUT2D eigenvalue weighted by Crippen LogP contribution is 2.20. The summed E-state index contributed by atoms with van der Waals surface area (Å²) in [5.74, 6) is 0.287. The largest absolute Gasteiger partial charge is 0.508 e. The van der Waals surface area contributed by atoms with Gasteiger partial charge < -0.3 is 14.8 Å². The average Bonchev–Trinajstić information content (AvgIpc) is 2.46. The van der Waals surface area contributed by atoms with Gasteiger partial charge in [0, 0.05) is 23.7 Å². The summed E-state index contributed by atoms with van der Waals surface area (Å²) in [6.07, 6.45) is 0. The number of aromatic amines is 1. The van der Waals surface area contributed by atoms with Gasteiger partial charge in [0.25, 0.3) is 0 Å². The fraction of sp³-hybridized carbons (Fsp3) is 0.200. The fourth-order valence-corrected chi connectivity index (χ4v) is 1.41. The molecule has 0 saturated carbocycles. The predicted molar refractivity (Wildman–Crippen MR) is 50.7 cm³/mol. The second-order valence-corrected chi connectivity index (χ2v) is 3.00. The minimum absolute atomic E-state index is 0.287. The Labute approximate surface area is 76.0 Å². The molecule has 1 heterocycles. The molecule has 2 N–H and O–H groups in total. The van der Waals surface area contributed by atoms with Crippen LogP contribution >= 0.6 is 0 Å². The van der Waals surface area contributed by atoms with E-state index in [-0.39, 0.29) is 5.75 Å². The van der Waals surface area contributed by atoms with E-state index < -0.39 is 0 Å². The van der Waals surface area contributed by atoms with Crippen LogP contribution in [-0.2, 0) is 11.3 Å². The number of nitrogens with one attached hydrogen (secondary N) is 1. The first kappa shape index (κ1) is 8.13. The van der Waals surface area contributed by atoms with Gasteiger partial charge in [-0.15, -0.1) is 0 Å². The molecule has 0 spiro atoms. The van der Waals surface area contributed by atoms with Gasteiger partial charge in [-0.25, -0.2) is 0 Å². The summed E-state index contributed by atoms with van der Waals surface area (Å²) in [6, 6.07) is 7.21. The maximum Gasteiger partial charge on any atom is 0.116 e. The highest BCUT2D eigenvalue weighted by molar-refractivity contribution is 5.81. The summed E-state index contributed by atoms with van der Waals surface area (Å²) in [5, 5.41) is 10.2. The third kappa shape index (κ3) is 1.51. The molecule has 68 valence electrons. The Bertz CT molecular complexity index is 420. The maximum atomic E-state index is 9.22. The molecule has 0 atom stereocenters. The Hall–Kier alpha value is -1.48. The van der Waals surface area contributed by atoms with Crippen LogP contribution in [0.25, 0.3) is 10.9 Å². The smallest absolute Gasteiger partial charge is 0.116 e. The molecule has 0 fully saturated rings. The first-order valence-corrected chi connectivity index (χ1v) is 4.09. The van der Waals surface area contributed by atoms with Crippen LogP contribution in [0.1, 0.15) is 5.69 Å². The number of ether oxygens (including phenoxy) is 1. The van der Waals surface area contributed by atoms with Crippen LogP contribution in [0, 0.1) is 0 Å². The standard InChI is InChI=1S/C10H11NO2/c1-13-6-8-4-7-5-9(12)2-3-10(7)11-8/h2-5,11-12H,6H2,1H3. The van der Waals surface area contributed by atoms with Gasteiger partial charge >= 0.3 is 0 Å². The van der Waals surface area contributed by atoms with E-state index in [4.69, 9.17) is 4.74 Å². The number of phenolic OH excluding ortho intramolecular Hbond substituents is 1. The molecule has 0 aliphatic carbocycles. The van der Waals surface area contributed by atoms with E-state index in [1.165, 1.54) is 0 Å². The summed E-state index contributed by atoms with van der Waals surface area (Å²) in [5.41, 5.74) is 2.04. The molecule has 0 bridgehead atoms. The van der Waals surface area contributed by atoms with E-state index in [2.05, 4.69) is 4.98 Å². The first-order valence-electron chi connectivity index (χ1n) is 4.09. The third-order valence-corrected chi connectivity index (χ3v) is 1.96. The molecule has 1 aromatic heterocycles. The Kier molecular flexibility index (Phi) is 1.94. The maximum absolute atomic E-state index is 9.22. The number of hydrogen-bond donors (Lipinski definition) is 2. The van der Waals surface area contributed by atoms with Crippen LogP contribution < -0.4 is 0 Å². The topological polar surface area (TPSA) is 45.2 Å². The Morgan fingerprint density at radius 3 is 3.00 bits per heavy atom. The molecule has 0 amide bonds. The quantitative estimate of drug-likeness (QED) is 0.737. The summed E-state index contributed by atoms with van der Waals surface area (Å²) in [4.78, 5) is 3.19. The zero-order chi connectivity index (χ0) is 9.26. The van der Waals surface area contributed by atoms with Gasteiger partial charge in [0.15, 0.2) is 0 Å². The highest BCUT2D eigenvalue weighted by Gasteiger charge is 2.00. The van der Waals surface area contributed by atoms with Gasteiger partial charge in [-0.2, -0.15) is 0 Å². The number of H-pyrrole nitrogens is 1. The van der Waals surface area contributed by atoms with E-state index in [9.17, 15) is 5.11 Å². The molecule has 0 saturated heterocycles. The minimum atomic E-state index is 0.287. The molecule has 2 rings (SSSR count). The molecule has 0 radical (unpaired) electrons. The summed E-state index contributed by atoms with van der Waals surface area (Å²) < 4.78 is 4.99. The zero-order valence-electron chi connectivity index (χ0n) is 7.37. The molecular weight excluding hydrogens is 166 g/mol. The Morgan fingerprint density at radius 1 is 1.38 bits per heavy atom. The van der Waals surface area contributed by atoms with Gasteiger partial charge in [-0.05, 0) is 24.3 Å². The van der Waals surface area contributed by atoms with E-state index in [0.29, 0.717) is 6.61 Å². The monoisotopic (exact) mass is 177 g/mol. The lowest BCUT2D eigenvalue weighted by molar-refractivity contribution is 0.182. The van der Waals surface area contributed by atoms with Crippen LogP contribution in [0.15, 0.2) is 24.3 Å². The van der Waals surface area contributed by atoms with Crippen molar-refractivity contribution in [3.05, 3.63) is 30.0 Å². The van der Waals surface area contributed by atoms with Gasteiger partial charge in [0.05, 0.1) is 6.61 Å². The third-order valence-electron chi connectivity index (χ3n) is 1.96. The van der Waals surface area contributed by atoms with Crippen LogP contribution in [0.2, 0.25) is 0 Å². The number of benzene rings is 1. The molecule has 0 aliphatic heterocycles. The number of aromatic hydroxyl groups is 1. The average molecular weight is 177 g/mol. The second-order valence-electron chi connectivity index (χ2n) is 3.00. The lowest BCUT2D eigenvalue weighted by Crippen LogP contribution is -1.85. The van der Waals surface area contributed by atoms with E-state index in [1.54, 1.807) is 19.2 Å². The molecule has 0 aliphatic rings. The van der Waals surface area contributed by atoms with Crippen molar-refractivity contribution >= 4 is 10.9 Å². The van der Waals surface area contributed by atoms with Crippen molar-refractivity contribution in [3.63, 3.8) is 0 Å². The molecular formula is C10H11NO2. The number of hydrogen-bond acceptors (Lipinski definition) is 2. The zero-order valence-corrected chi connectivity index (χ0v) is 7.37. The Morgan fingerprint density at radius 2 is 2.23 bits per heavy atom.